The zero-order valence-electron chi connectivity index (χ0n) is 12.0. The lowest BCUT2D eigenvalue weighted by Crippen LogP contribution is -2.12. The van der Waals surface area contributed by atoms with Crippen LogP contribution in [0.5, 0.6) is 5.75 Å². The van der Waals surface area contributed by atoms with Gasteiger partial charge in [0.05, 0.1) is 25.6 Å². The Kier molecular flexibility index (Phi) is 3.91. The molecule has 0 bridgehead atoms. The third-order valence-corrected chi connectivity index (χ3v) is 3.14. The Balaban J connectivity index is 1.83. The number of hydrogen-bond acceptors (Lipinski definition) is 5. The van der Waals surface area contributed by atoms with Crippen molar-refractivity contribution in [3.8, 4) is 17.0 Å². The molecule has 2 aromatic heterocycles. The molecule has 0 amide bonds. The number of hydrogen-bond donors (Lipinski definition) is 2. The quantitative estimate of drug-likeness (QED) is 0.756. The highest BCUT2D eigenvalue weighted by atomic mass is 16.5. The van der Waals surface area contributed by atoms with Gasteiger partial charge >= 0.3 is 0 Å². The maximum atomic E-state index is 11.8. The fraction of sp³-hybridized carbons (Fsp3) is 0.125. The van der Waals surface area contributed by atoms with Gasteiger partial charge in [-0.15, -0.1) is 0 Å². The SMILES string of the molecule is COc1ccc(-c2cc(=O)[nH]c(NCc3ccco3)n2)cc1. The van der Waals surface area contributed by atoms with Gasteiger partial charge in [0.15, 0.2) is 0 Å². The first-order valence-corrected chi connectivity index (χ1v) is 6.76. The predicted octanol–water partition coefficient (Wildman–Crippen LogP) is 2.65. The van der Waals surface area contributed by atoms with Crippen molar-refractivity contribution in [2.45, 2.75) is 6.54 Å². The van der Waals surface area contributed by atoms with Crippen LogP contribution < -0.4 is 15.6 Å². The number of furan rings is 1. The van der Waals surface area contributed by atoms with Crippen molar-refractivity contribution in [3.63, 3.8) is 0 Å². The first kappa shape index (κ1) is 13.9. The monoisotopic (exact) mass is 297 g/mol. The van der Waals surface area contributed by atoms with Crippen molar-refractivity contribution >= 4 is 5.95 Å². The van der Waals surface area contributed by atoms with Gasteiger partial charge in [-0.1, -0.05) is 0 Å². The van der Waals surface area contributed by atoms with Crippen molar-refractivity contribution in [1.82, 2.24) is 9.97 Å². The van der Waals surface area contributed by atoms with Crippen molar-refractivity contribution in [2.24, 2.45) is 0 Å². The van der Waals surface area contributed by atoms with E-state index in [-0.39, 0.29) is 5.56 Å². The van der Waals surface area contributed by atoms with E-state index in [1.54, 1.807) is 19.4 Å². The summed E-state index contributed by atoms with van der Waals surface area (Å²) in [6.45, 7) is 0.446. The largest absolute Gasteiger partial charge is 0.497 e. The number of ether oxygens (including phenoxy) is 1. The van der Waals surface area contributed by atoms with E-state index in [9.17, 15) is 4.79 Å². The van der Waals surface area contributed by atoms with Crippen molar-refractivity contribution in [1.29, 1.82) is 0 Å². The molecule has 0 saturated heterocycles. The molecule has 0 aliphatic rings. The number of rotatable bonds is 5. The van der Waals surface area contributed by atoms with Crippen LogP contribution in [-0.2, 0) is 6.54 Å². The molecule has 3 aromatic rings. The van der Waals surface area contributed by atoms with E-state index in [4.69, 9.17) is 9.15 Å². The number of benzene rings is 1. The Morgan fingerprint density at radius 1 is 1.27 bits per heavy atom. The molecule has 0 radical (unpaired) electrons. The van der Waals surface area contributed by atoms with Gasteiger partial charge in [0.2, 0.25) is 5.95 Å². The summed E-state index contributed by atoms with van der Waals surface area (Å²) in [4.78, 5) is 18.9. The summed E-state index contributed by atoms with van der Waals surface area (Å²) in [5.74, 6) is 1.91. The van der Waals surface area contributed by atoms with Crippen LogP contribution in [0.1, 0.15) is 5.76 Å². The van der Waals surface area contributed by atoms with Crippen LogP contribution in [0.2, 0.25) is 0 Å². The first-order valence-electron chi connectivity index (χ1n) is 6.76. The average Bonchev–Trinajstić information content (AvgIpc) is 3.06. The fourth-order valence-corrected chi connectivity index (χ4v) is 2.04. The molecule has 6 nitrogen and oxygen atoms in total. The van der Waals surface area contributed by atoms with Crippen molar-refractivity contribution < 1.29 is 9.15 Å². The fourth-order valence-electron chi connectivity index (χ4n) is 2.04. The van der Waals surface area contributed by atoms with Crippen LogP contribution in [0.3, 0.4) is 0 Å². The van der Waals surface area contributed by atoms with E-state index in [1.165, 1.54) is 6.07 Å². The van der Waals surface area contributed by atoms with E-state index in [0.717, 1.165) is 17.1 Å². The van der Waals surface area contributed by atoms with E-state index in [2.05, 4.69) is 15.3 Å². The van der Waals surface area contributed by atoms with Crippen LogP contribution in [-0.4, -0.2) is 17.1 Å². The third-order valence-electron chi connectivity index (χ3n) is 3.14. The van der Waals surface area contributed by atoms with Crippen LogP contribution in [0, 0.1) is 0 Å². The summed E-state index contributed by atoms with van der Waals surface area (Å²) >= 11 is 0. The lowest BCUT2D eigenvalue weighted by Gasteiger charge is -2.07. The van der Waals surface area contributed by atoms with Gasteiger partial charge in [0, 0.05) is 11.6 Å². The summed E-state index contributed by atoms with van der Waals surface area (Å²) in [6.07, 6.45) is 1.60. The molecule has 0 atom stereocenters. The molecule has 6 heteroatoms. The number of anilines is 1. The van der Waals surface area contributed by atoms with E-state index in [0.29, 0.717) is 18.2 Å². The highest BCUT2D eigenvalue weighted by Gasteiger charge is 2.05. The molecule has 2 N–H and O–H groups in total. The summed E-state index contributed by atoms with van der Waals surface area (Å²) in [7, 11) is 1.61. The molecule has 0 aliphatic heterocycles. The topological polar surface area (TPSA) is 80.2 Å². The average molecular weight is 297 g/mol. The number of aromatic amines is 1. The molecule has 3 rings (SSSR count). The van der Waals surface area contributed by atoms with Crippen LogP contribution in [0.25, 0.3) is 11.3 Å². The minimum absolute atomic E-state index is 0.220. The second-order valence-corrected chi connectivity index (χ2v) is 4.64. The Bertz CT molecular complexity index is 792. The van der Waals surface area contributed by atoms with Gasteiger partial charge in [-0.25, -0.2) is 4.98 Å². The molecule has 0 unspecified atom stereocenters. The van der Waals surface area contributed by atoms with E-state index >= 15 is 0 Å². The highest BCUT2D eigenvalue weighted by Crippen LogP contribution is 2.20. The molecule has 0 aliphatic carbocycles. The lowest BCUT2D eigenvalue weighted by molar-refractivity contribution is 0.415. The smallest absolute Gasteiger partial charge is 0.252 e. The van der Waals surface area contributed by atoms with Crippen molar-refractivity contribution in [3.05, 3.63) is 64.8 Å². The van der Waals surface area contributed by atoms with E-state index in [1.807, 2.05) is 30.3 Å². The molecule has 2 heterocycles. The van der Waals surface area contributed by atoms with Gasteiger partial charge in [-0.3, -0.25) is 9.78 Å². The summed E-state index contributed by atoms with van der Waals surface area (Å²) < 4.78 is 10.4. The standard InChI is InChI=1S/C16H15N3O3/c1-21-12-6-4-11(5-7-12)14-9-15(20)19-16(18-14)17-10-13-3-2-8-22-13/h2-9H,10H2,1H3,(H2,17,18,19,20). The number of nitrogens with zero attached hydrogens (tertiary/aromatic N) is 1. The lowest BCUT2D eigenvalue weighted by atomic mass is 10.1. The number of methoxy groups -OCH3 is 1. The van der Waals surface area contributed by atoms with Crippen LogP contribution in [0.15, 0.2) is 57.9 Å². The minimum Gasteiger partial charge on any atom is -0.497 e. The van der Waals surface area contributed by atoms with Gasteiger partial charge in [-0.2, -0.15) is 0 Å². The van der Waals surface area contributed by atoms with Gasteiger partial charge < -0.3 is 14.5 Å². The zero-order valence-corrected chi connectivity index (χ0v) is 12.0. The second-order valence-electron chi connectivity index (χ2n) is 4.64. The highest BCUT2D eigenvalue weighted by molar-refractivity contribution is 5.60. The normalized spacial score (nSPS) is 10.4. The van der Waals surface area contributed by atoms with E-state index < -0.39 is 0 Å². The van der Waals surface area contributed by atoms with Gasteiger partial charge in [0.25, 0.3) is 5.56 Å². The molecular formula is C16H15N3O3. The number of nitrogens with one attached hydrogen (secondary N) is 2. The predicted molar refractivity (Wildman–Crippen MR) is 82.9 cm³/mol. The van der Waals surface area contributed by atoms with Gasteiger partial charge in [-0.05, 0) is 36.4 Å². The zero-order chi connectivity index (χ0) is 15.4. The maximum absolute atomic E-state index is 11.8. The Morgan fingerprint density at radius 3 is 2.77 bits per heavy atom. The second kappa shape index (κ2) is 6.17. The Morgan fingerprint density at radius 2 is 2.09 bits per heavy atom. The Hall–Kier alpha value is -3.02. The van der Waals surface area contributed by atoms with Crippen LogP contribution in [0.4, 0.5) is 5.95 Å². The molecule has 112 valence electrons. The summed E-state index contributed by atoms with van der Waals surface area (Å²) in [5.41, 5.74) is 1.21. The summed E-state index contributed by atoms with van der Waals surface area (Å²) in [5, 5.41) is 3.04. The Labute approximate surface area is 126 Å². The molecule has 0 fully saturated rings. The number of H-pyrrole nitrogens is 1. The molecule has 0 saturated carbocycles. The minimum atomic E-state index is -0.220. The third kappa shape index (κ3) is 3.17. The molecule has 1 aromatic carbocycles. The van der Waals surface area contributed by atoms with Gasteiger partial charge in [0.1, 0.15) is 11.5 Å². The number of aromatic nitrogens is 2. The van der Waals surface area contributed by atoms with Crippen LogP contribution >= 0.6 is 0 Å². The molecule has 0 spiro atoms. The first-order chi connectivity index (χ1) is 10.7. The molecular weight excluding hydrogens is 282 g/mol. The summed E-state index contributed by atoms with van der Waals surface area (Å²) in [6, 6.07) is 12.5. The van der Waals surface area contributed by atoms with Crippen molar-refractivity contribution in [2.75, 3.05) is 12.4 Å². The maximum Gasteiger partial charge on any atom is 0.252 e. The molecule has 22 heavy (non-hydrogen) atoms.